The molecule has 1 saturated heterocycles. The van der Waals surface area contributed by atoms with Gasteiger partial charge in [-0.25, -0.2) is 14.8 Å². The van der Waals surface area contributed by atoms with Crippen LogP contribution in [0.1, 0.15) is 51.9 Å². The van der Waals surface area contributed by atoms with Gasteiger partial charge in [0.05, 0.1) is 17.5 Å². The molecule has 180 valence electrons. The molecule has 1 aliphatic heterocycles. The van der Waals surface area contributed by atoms with Crippen LogP contribution in [0.25, 0.3) is 22.4 Å². The van der Waals surface area contributed by atoms with Gasteiger partial charge in [0.25, 0.3) is 0 Å². The van der Waals surface area contributed by atoms with Crippen LogP contribution >= 0.6 is 0 Å². The van der Waals surface area contributed by atoms with Gasteiger partial charge in [-0.2, -0.15) is 0 Å². The maximum atomic E-state index is 12.8. The third-order valence-corrected chi connectivity index (χ3v) is 5.77. The van der Waals surface area contributed by atoms with Crippen molar-refractivity contribution in [2.75, 3.05) is 31.1 Å². The van der Waals surface area contributed by atoms with Crippen molar-refractivity contribution in [3.05, 3.63) is 42.2 Å². The van der Waals surface area contributed by atoms with Crippen molar-refractivity contribution in [2.24, 2.45) is 5.41 Å². The zero-order valence-electron chi connectivity index (χ0n) is 20.8. The van der Waals surface area contributed by atoms with Gasteiger partial charge in [0.1, 0.15) is 11.1 Å². The Morgan fingerprint density at radius 2 is 1.62 bits per heavy atom. The van der Waals surface area contributed by atoms with Gasteiger partial charge in [-0.1, -0.05) is 32.9 Å². The van der Waals surface area contributed by atoms with E-state index in [0.29, 0.717) is 29.8 Å². The number of piperazine rings is 1. The maximum absolute atomic E-state index is 12.8. The van der Waals surface area contributed by atoms with E-state index in [1.54, 1.807) is 17.3 Å². The van der Waals surface area contributed by atoms with E-state index in [-0.39, 0.29) is 11.9 Å². The van der Waals surface area contributed by atoms with E-state index in [9.17, 15) is 9.59 Å². The molecule has 2 aromatic heterocycles. The molecule has 8 heteroatoms. The topological polar surface area (TPSA) is 91.4 Å². The van der Waals surface area contributed by atoms with E-state index < -0.39 is 11.0 Å². The Morgan fingerprint density at radius 1 is 0.971 bits per heavy atom. The molecule has 8 nitrogen and oxygen atoms in total. The van der Waals surface area contributed by atoms with Crippen LogP contribution in [0.3, 0.4) is 0 Å². The van der Waals surface area contributed by atoms with E-state index in [0.717, 1.165) is 30.0 Å². The summed E-state index contributed by atoms with van der Waals surface area (Å²) >= 11 is 0. The van der Waals surface area contributed by atoms with Crippen LogP contribution in [0.2, 0.25) is 0 Å². The number of amides is 1. The molecule has 0 atom stereocenters. The van der Waals surface area contributed by atoms with Crippen LogP contribution in [0.5, 0.6) is 0 Å². The Balaban J connectivity index is 1.47. The number of carbonyl (C=O) groups is 2. The van der Waals surface area contributed by atoms with Gasteiger partial charge in [-0.05, 0) is 32.9 Å². The predicted molar refractivity (Wildman–Crippen MR) is 133 cm³/mol. The van der Waals surface area contributed by atoms with Gasteiger partial charge in [-0.15, -0.1) is 0 Å². The van der Waals surface area contributed by atoms with Gasteiger partial charge in [0.2, 0.25) is 0 Å². The number of ketones is 1. The molecule has 0 spiro atoms. The molecule has 0 unspecified atom stereocenters. The van der Waals surface area contributed by atoms with Crippen LogP contribution in [-0.2, 0) is 4.74 Å². The number of Topliss-reactive ketones (excluding diaryl/α,β-unsaturated/α-hetero) is 1. The molecule has 0 saturated carbocycles. The number of rotatable bonds is 3. The van der Waals surface area contributed by atoms with Crippen LogP contribution < -0.4 is 4.90 Å². The number of hydrogen-bond acceptors (Lipinski definition) is 6. The van der Waals surface area contributed by atoms with E-state index in [2.05, 4.69) is 27.0 Å². The number of benzene rings is 1. The van der Waals surface area contributed by atoms with Crippen LogP contribution in [-0.4, -0.2) is 63.5 Å². The van der Waals surface area contributed by atoms with Gasteiger partial charge < -0.3 is 19.5 Å². The lowest BCUT2D eigenvalue weighted by Gasteiger charge is -2.36. The van der Waals surface area contributed by atoms with Crippen molar-refractivity contribution in [2.45, 2.75) is 47.1 Å². The van der Waals surface area contributed by atoms with Gasteiger partial charge in [0.15, 0.2) is 11.4 Å². The second-order valence-electron chi connectivity index (χ2n) is 10.7. The largest absolute Gasteiger partial charge is 0.444 e. The average molecular weight is 464 g/mol. The highest BCUT2D eigenvalue weighted by Gasteiger charge is 2.27. The first-order valence-electron chi connectivity index (χ1n) is 11.6. The molecule has 1 aromatic carbocycles. The molecule has 1 fully saturated rings. The monoisotopic (exact) mass is 463 g/mol. The zero-order valence-corrected chi connectivity index (χ0v) is 20.8. The van der Waals surface area contributed by atoms with E-state index in [1.807, 2.05) is 53.7 Å². The number of nitrogens with one attached hydrogen (secondary N) is 1. The molecule has 0 aliphatic carbocycles. The Bertz CT molecular complexity index is 1190. The van der Waals surface area contributed by atoms with Crippen molar-refractivity contribution in [1.29, 1.82) is 0 Å². The molecule has 34 heavy (non-hydrogen) atoms. The first-order chi connectivity index (χ1) is 15.9. The molecular weight excluding hydrogens is 430 g/mol. The van der Waals surface area contributed by atoms with E-state index >= 15 is 0 Å². The van der Waals surface area contributed by atoms with Crippen molar-refractivity contribution >= 4 is 28.7 Å². The molecule has 0 bridgehead atoms. The number of anilines is 1. The highest BCUT2D eigenvalue weighted by atomic mass is 16.6. The van der Waals surface area contributed by atoms with Crippen molar-refractivity contribution in [3.63, 3.8) is 0 Å². The Kier molecular flexibility index (Phi) is 6.10. The summed E-state index contributed by atoms with van der Waals surface area (Å²) in [5, 5.41) is 0. The summed E-state index contributed by atoms with van der Waals surface area (Å²) in [6, 6.07) is 8.15. The molecule has 0 radical (unpaired) electrons. The van der Waals surface area contributed by atoms with E-state index in [4.69, 9.17) is 9.72 Å². The second-order valence-corrected chi connectivity index (χ2v) is 10.7. The standard InChI is InChI=1S/C26H33N5O3/c1-25(2,3)22(32)19-15-27-23-21(19)29-20(16-28-23)17-7-9-18(10-8-17)30-11-13-31(14-12-30)24(33)34-26(4,5)6/h7-10,15-16H,11-14H2,1-6H3,(H,27,28). The molecular formula is C26H33N5O3. The zero-order chi connectivity index (χ0) is 24.7. The number of hydrogen-bond donors (Lipinski definition) is 1. The summed E-state index contributed by atoms with van der Waals surface area (Å²) in [6.45, 7) is 14.1. The highest BCUT2D eigenvalue weighted by molar-refractivity contribution is 6.08. The minimum absolute atomic E-state index is 0.0334. The van der Waals surface area contributed by atoms with Gasteiger partial charge in [0, 0.05) is 49.0 Å². The SMILES string of the molecule is CC(C)(C)OC(=O)N1CCN(c2ccc(-c3cnc4[nH]cc(C(=O)C(C)(C)C)c4n3)cc2)CC1. The summed E-state index contributed by atoms with van der Waals surface area (Å²) in [5.74, 6) is 0.0334. The number of ether oxygens (including phenoxy) is 1. The van der Waals surface area contributed by atoms with E-state index in [1.165, 1.54) is 0 Å². The Hall–Kier alpha value is -3.42. The third-order valence-electron chi connectivity index (χ3n) is 5.77. The summed E-state index contributed by atoms with van der Waals surface area (Å²) in [4.78, 5) is 41.4. The highest BCUT2D eigenvalue weighted by Crippen LogP contribution is 2.28. The fourth-order valence-corrected chi connectivity index (χ4v) is 3.92. The maximum Gasteiger partial charge on any atom is 0.410 e. The first kappa shape index (κ1) is 23.7. The molecule has 1 amide bonds. The number of fused-ring (bicyclic) bond motifs is 1. The lowest BCUT2D eigenvalue weighted by Crippen LogP contribution is -2.50. The van der Waals surface area contributed by atoms with Crippen LogP contribution in [0.4, 0.5) is 10.5 Å². The van der Waals surface area contributed by atoms with Crippen LogP contribution in [0.15, 0.2) is 36.7 Å². The Morgan fingerprint density at radius 3 is 2.21 bits per heavy atom. The molecule has 1 N–H and O–H groups in total. The fraction of sp³-hybridized carbons (Fsp3) is 0.462. The normalized spacial score (nSPS) is 15.0. The minimum Gasteiger partial charge on any atom is -0.444 e. The predicted octanol–water partition coefficient (Wildman–Crippen LogP) is 4.91. The van der Waals surface area contributed by atoms with Crippen molar-refractivity contribution in [3.8, 4) is 11.3 Å². The summed E-state index contributed by atoms with van der Waals surface area (Å²) < 4.78 is 5.48. The summed E-state index contributed by atoms with van der Waals surface area (Å²) in [5.41, 5.74) is 3.52. The number of aromatic nitrogens is 3. The van der Waals surface area contributed by atoms with Gasteiger partial charge in [-0.3, -0.25) is 4.79 Å². The molecule has 4 rings (SSSR count). The number of nitrogens with zero attached hydrogens (tertiary/aromatic N) is 4. The van der Waals surface area contributed by atoms with Gasteiger partial charge >= 0.3 is 6.09 Å². The average Bonchev–Trinajstić information content (AvgIpc) is 3.20. The lowest BCUT2D eigenvalue weighted by molar-refractivity contribution is 0.0240. The molecule has 3 aromatic rings. The quantitative estimate of drug-likeness (QED) is 0.555. The minimum atomic E-state index is -0.498. The van der Waals surface area contributed by atoms with Crippen LogP contribution in [0, 0.1) is 5.41 Å². The fourth-order valence-electron chi connectivity index (χ4n) is 3.92. The number of H-pyrrole nitrogens is 1. The lowest BCUT2D eigenvalue weighted by atomic mass is 9.87. The molecule has 3 heterocycles. The smallest absolute Gasteiger partial charge is 0.410 e. The molecule has 1 aliphatic rings. The summed E-state index contributed by atoms with van der Waals surface area (Å²) in [6.07, 6.45) is 3.16. The Labute approximate surface area is 200 Å². The number of carbonyl (C=O) groups excluding carboxylic acids is 2. The van der Waals surface area contributed by atoms with Crippen molar-refractivity contribution < 1.29 is 14.3 Å². The van der Waals surface area contributed by atoms with Crippen molar-refractivity contribution in [1.82, 2.24) is 19.9 Å². The number of aromatic amines is 1. The first-order valence-corrected chi connectivity index (χ1v) is 11.6. The second kappa shape index (κ2) is 8.74. The summed E-state index contributed by atoms with van der Waals surface area (Å²) in [7, 11) is 0. The third kappa shape index (κ3) is 5.05.